The van der Waals surface area contributed by atoms with Gasteiger partial charge in [-0.1, -0.05) is 146 Å². The molecular formula is C51H31N3OS. The van der Waals surface area contributed by atoms with Gasteiger partial charge in [-0.05, 0) is 75.8 Å². The number of rotatable bonds is 6. The van der Waals surface area contributed by atoms with Crippen LogP contribution in [0.25, 0.3) is 110 Å². The van der Waals surface area contributed by atoms with Crippen molar-refractivity contribution in [1.82, 2.24) is 15.0 Å². The summed E-state index contributed by atoms with van der Waals surface area (Å²) in [6.07, 6.45) is 0. The summed E-state index contributed by atoms with van der Waals surface area (Å²) < 4.78 is 9.21. The van der Waals surface area contributed by atoms with Gasteiger partial charge in [-0.3, -0.25) is 0 Å². The number of fused-ring (bicyclic) bond motifs is 6. The fraction of sp³-hybridized carbons (Fsp3) is 0. The Bertz CT molecular complexity index is 3240. The second-order valence-electron chi connectivity index (χ2n) is 14.0. The highest BCUT2D eigenvalue weighted by Gasteiger charge is 2.19. The van der Waals surface area contributed by atoms with E-state index in [-0.39, 0.29) is 0 Å². The van der Waals surface area contributed by atoms with Crippen molar-refractivity contribution in [3.63, 3.8) is 0 Å². The standard InChI is InChI=1S/C51H31N3OS/c1-3-11-32(12-4-1)33-21-23-35(24-22-33)50-52-49(34-13-5-2-6-14-34)53-51(54-50)42-18-10-19-44-48(42)41-27-25-39(31-45(41)55-44)37-16-9-15-36(29-37)38-26-28-47-43(30-38)40-17-7-8-20-46(40)56-47/h1-31H. The van der Waals surface area contributed by atoms with Crippen LogP contribution in [0.4, 0.5) is 0 Å². The van der Waals surface area contributed by atoms with Crippen LogP contribution in [0.3, 0.4) is 0 Å². The molecule has 0 fully saturated rings. The molecule has 0 saturated carbocycles. The molecule has 0 aliphatic carbocycles. The van der Waals surface area contributed by atoms with E-state index in [1.54, 1.807) is 0 Å². The maximum atomic E-state index is 6.59. The molecular weight excluding hydrogens is 703 g/mol. The molecule has 0 bridgehead atoms. The highest BCUT2D eigenvalue weighted by Crippen LogP contribution is 2.40. The van der Waals surface area contributed by atoms with Crippen molar-refractivity contribution in [2.24, 2.45) is 0 Å². The molecule has 0 unspecified atom stereocenters. The fourth-order valence-corrected chi connectivity index (χ4v) is 8.85. The lowest BCUT2D eigenvalue weighted by Gasteiger charge is -2.10. The van der Waals surface area contributed by atoms with Crippen molar-refractivity contribution < 1.29 is 4.42 Å². The summed E-state index contributed by atoms with van der Waals surface area (Å²) in [5.41, 5.74) is 11.3. The molecule has 0 aliphatic rings. The number of hydrogen-bond acceptors (Lipinski definition) is 5. The number of furan rings is 1. The largest absolute Gasteiger partial charge is 0.456 e. The van der Waals surface area contributed by atoms with Crippen LogP contribution in [-0.2, 0) is 0 Å². The smallest absolute Gasteiger partial charge is 0.164 e. The molecule has 5 heteroatoms. The van der Waals surface area contributed by atoms with E-state index >= 15 is 0 Å². The van der Waals surface area contributed by atoms with Gasteiger partial charge in [0.2, 0.25) is 0 Å². The van der Waals surface area contributed by atoms with Gasteiger partial charge in [-0.15, -0.1) is 11.3 Å². The normalized spacial score (nSPS) is 11.6. The Labute approximate surface area is 327 Å². The summed E-state index contributed by atoms with van der Waals surface area (Å²) in [5.74, 6) is 1.84. The number of hydrogen-bond donors (Lipinski definition) is 0. The van der Waals surface area contributed by atoms with Crippen LogP contribution >= 0.6 is 11.3 Å². The van der Waals surface area contributed by atoms with Crippen LogP contribution in [-0.4, -0.2) is 15.0 Å². The van der Waals surface area contributed by atoms with E-state index in [1.807, 2.05) is 59.9 Å². The van der Waals surface area contributed by atoms with Crippen molar-refractivity contribution in [1.29, 1.82) is 0 Å². The zero-order chi connectivity index (χ0) is 37.0. The minimum absolute atomic E-state index is 0.599. The Morgan fingerprint density at radius 1 is 0.321 bits per heavy atom. The molecule has 3 aromatic heterocycles. The molecule has 0 aliphatic heterocycles. The minimum Gasteiger partial charge on any atom is -0.456 e. The molecule has 4 nitrogen and oxygen atoms in total. The third-order valence-electron chi connectivity index (χ3n) is 10.6. The first kappa shape index (κ1) is 32.2. The third kappa shape index (κ3) is 5.65. The molecule has 56 heavy (non-hydrogen) atoms. The highest BCUT2D eigenvalue weighted by atomic mass is 32.1. The third-order valence-corrected chi connectivity index (χ3v) is 11.7. The molecule has 3 heterocycles. The molecule has 0 spiro atoms. The van der Waals surface area contributed by atoms with E-state index in [9.17, 15) is 0 Å². The van der Waals surface area contributed by atoms with Crippen molar-refractivity contribution in [3.8, 4) is 67.5 Å². The van der Waals surface area contributed by atoms with Crippen LogP contribution in [0.15, 0.2) is 192 Å². The van der Waals surface area contributed by atoms with Gasteiger partial charge < -0.3 is 4.42 Å². The first-order chi connectivity index (χ1) is 27.7. The zero-order valence-electron chi connectivity index (χ0n) is 30.1. The molecule has 262 valence electrons. The van der Waals surface area contributed by atoms with Gasteiger partial charge in [0.15, 0.2) is 17.5 Å². The molecule has 0 radical (unpaired) electrons. The lowest BCUT2D eigenvalue weighted by atomic mass is 9.97. The summed E-state index contributed by atoms with van der Waals surface area (Å²) in [5, 5.41) is 4.60. The van der Waals surface area contributed by atoms with Gasteiger partial charge in [0.25, 0.3) is 0 Å². The van der Waals surface area contributed by atoms with Crippen molar-refractivity contribution in [2.75, 3.05) is 0 Å². The Balaban J connectivity index is 0.996. The minimum atomic E-state index is 0.599. The number of aromatic nitrogens is 3. The Morgan fingerprint density at radius 2 is 0.857 bits per heavy atom. The second-order valence-corrected chi connectivity index (χ2v) is 15.1. The fourth-order valence-electron chi connectivity index (χ4n) is 7.76. The number of nitrogens with zero attached hydrogens (tertiary/aromatic N) is 3. The summed E-state index contributed by atoms with van der Waals surface area (Å²) in [7, 11) is 0. The average molecular weight is 734 g/mol. The summed E-state index contributed by atoms with van der Waals surface area (Å²) in [4.78, 5) is 15.2. The van der Waals surface area contributed by atoms with Crippen LogP contribution in [0.2, 0.25) is 0 Å². The molecule has 8 aromatic carbocycles. The maximum absolute atomic E-state index is 6.59. The van der Waals surface area contributed by atoms with Gasteiger partial charge >= 0.3 is 0 Å². The van der Waals surface area contributed by atoms with Crippen LogP contribution < -0.4 is 0 Å². The van der Waals surface area contributed by atoms with Gasteiger partial charge in [0.05, 0.1) is 0 Å². The Kier molecular flexibility index (Phi) is 7.64. The molecule has 11 aromatic rings. The summed E-state index contributed by atoms with van der Waals surface area (Å²) >= 11 is 1.85. The van der Waals surface area contributed by atoms with E-state index in [2.05, 4.69) is 140 Å². The predicted molar refractivity (Wildman–Crippen MR) is 233 cm³/mol. The van der Waals surface area contributed by atoms with Crippen LogP contribution in [0.1, 0.15) is 0 Å². The lowest BCUT2D eigenvalue weighted by molar-refractivity contribution is 0.669. The lowest BCUT2D eigenvalue weighted by Crippen LogP contribution is -2.00. The quantitative estimate of drug-likeness (QED) is 0.171. The molecule has 11 rings (SSSR count). The topological polar surface area (TPSA) is 51.8 Å². The maximum Gasteiger partial charge on any atom is 0.164 e. The van der Waals surface area contributed by atoms with Gasteiger partial charge in [-0.25, -0.2) is 15.0 Å². The monoisotopic (exact) mass is 733 g/mol. The first-order valence-corrected chi connectivity index (χ1v) is 19.5. The molecule has 0 amide bonds. The van der Waals surface area contributed by atoms with Gasteiger partial charge in [0, 0.05) is 47.6 Å². The number of thiophene rings is 1. The van der Waals surface area contributed by atoms with Crippen molar-refractivity contribution in [3.05, 3.63) is 188 Å². The molecule has 0 atom stereocenters. The zero-order valence-corrected chi connectivity index (χ0v) is 30.9. The van der Waals surface area contributed by atoms with Crippen molar-refractivity contribution >= 4 is 53.4 Å². The molecule has 0 N–H and O–H groups in total. The first-order valence-electron chi connectivity index (χ1n) is 18.7. The number of benzene rings is 8. The van der Waals surface area contributed by atoms with E-state index in [1.165, 1.54) is 36.9 Å². The summed E-state index contributed by atoms with van der Waals surface area (Å²) in [6, 6.07) is 65.7. The van der Waals surface area contributed by atoms with Gasteiger partial charge in [0.1, 0.15) is 11.2 Å². The van der Waals surface area contributed by atoms with E-state index in [0.29, 0.717) is 17.5 Å². The van der Waals surface area contributed by atoms with Gasteiger partial charge in [-0.2, -0.15) is 0 Å². The predicted octanol–water partition coefficient (Wildman–Crippen LogP) is 14.1. The van der Waals surface area contributed by atoms with E-state index < -0.39 is 0 Å². The van der Waals surface area contributed by atoms with E-state index in [0.717, 1.165) is 55.3 Å². The van der Waals surface area contributed by atoms with Crippen LogP contribution in [0.5, 0.6) is 0 Å². The van der Waals surface area contributed by atoms with E-state index in [4.69, 9.17) is 19.4 Å². The van der Waals surface area contributed by atoms with Crippen molar-refractivity contribution in [2.45, 2.75) is 0 Å². The second kappa shape index (κ2) is 13.3. The van der Waals surface area contributed by atoms with Crippen LogP contribution in [0, 0.1) is 0 Å². The SMILES string of the molecule is c1ccc(-c2ccc(-c3nc(-c4ccccc4)nc(-c4cccc5oc6cc(-c7cccc(-c8ccc9sc%10ccccc%10c9c8)c7)ccc6c45)n3)cc2)cc1. The average Bonchev–Trinajstić information content (AvgIpc) is 3.85. The summed E-state index contributed by atoms with van der Waals surface area (Å²) in [6.45, 7) is 0. The molecule has 0 saturated heterocycles. The Morgan fingerprint density at radius 3 is 1.64 bits per heavy atom. The highest BCUT2D eigenvalue weighted by molar-refractivity contribution is 7.25. The Hall–Kier alpha value is -7.21.